The van der Waals surface area contributed by atoms with Crippen molar-refractivity contribution >= 4 is 6.09 Å². The Morgan fingerprint density at radius 1 is 1.39 bits per heavy atom. The molecule has 0 unspecified atom stereocenters. The topological polar surface area (TPSA) is 51.9 Å². The lowest BCUT2D eigenvalue weighted by Crippen LogP contribution is -2.41. The zero-order valence-electron chi connectivity index (χ0n) is 14.7. The van der Waals surface area contributed by atoms with Crippen molar-refractivity contribution in [2.45, 2.75) is 58.7 Å². The van der Waals surface area contributed by atoms with Gasteiger partial charge in [0.2, 0.25) is 0 Å². The van der Waals surface area contributed by atoms with Crippen LogP contribution in [0.2, 0.25) is 0 Å². The summed E-state index contributed by atoms with van der Waals surface area (Å²) in [6, 6.07) is 3.81. The van der Waals surface area contributed by atoms with Gasteiger partial charge in [-0.15, -0.1) is 0 Å². The summed E-state index contributed by atoms with van der Waals surface area (Å²) in [5.74, 6) is 1.47. The molecule has 0 bridgehead atoms. The minimum absolute atomic E-state index is 0.00754. The van der Waals surface area contributed by atoms with Crippen molar-refractivity contribution in [1.29, 1.82) is 0 Å². The average Bonchev–Trinajstić information content (AvgIpc) is 3.00. The third-order valence-electron chi connectivity index (χ3n) is 4.10. The highest BCUT2D eigenvalue weighted by Gasteiger charge is 2.26. The van der Waals surface area contributed by atoms with Crippen LogP contribution in [0.3, 0.4) is 0 Å². The Hall–Kier alpha value is -1.49. The van der Waals surface area contributed by atoms with E-state index in [0.717, 1.165) is 44.7 Å². The summed E-state index contributed by atoms with van der Waals surface area (Å²) >= 11 is 0. The summed E-state index contributed by atoms with van der Waals surface area (Å²) in [5, 5.41) is 0. The zero-order chi connectivity index (χ0) is 16.9. The second-order valence-electron chi connectivity index (χ2n) is 7.23. The van der Waals surface area contributed by atoms with Crippen molar-refractivity contribution in [2.75, 3.05) is 19.7 Å². The molecule has 5 nitrogen and oxygen atoms in total. The van der Waals surface area contributed by atoms with E-state index >= 15 is 0 Å². The van der Waals surface area contributed by atoms with Crippen LogP contribution >= 0.6 is 0 Å². The molecule has 0 radical (unpaired) electrons. The first-order valence-corrected chi connectivity index (χ1v) is 8.48. The molecule has 0 aromatic carbocycles. The number of ether oxygens (including phenoxy) is 2. The van der Waals surface area contributed by atoms with Crippen LogP contribution in [0.5, 0.6) is 0 Å². The van der Waals surface area contributed by atoms with E-state index in [0.29, 0.717) is 5.92 Å². The number of carbonyl (C=O) groups is 1. The third-order valence-corrected chi connectivity index (χ3v) is 4.10. The number of hydrogen-bond acceptors (Lipinski definition) is 4. The minimum atomic E-state index is -0.427. The molecule has 1 saturated heterocycles. The highest BCUT2D eigenvalue weighted by molar-refractivity contribution is 5.68. The molecule has 0 saturated carbocycles. The molecule has 1 aromatic rings. The van der Waals surface area contributed by atoms with E-state index in [-0.39, 0.29) is 12.2 Å². The number of furan rings is 1. The second kappa shape index (κ2) is 7.86. The summed E-state index contributed by atoms with van der Waals surface area (Å²) in [5.41, 5.74) is -0.427. The summed E-state index contributed by atoms with van der Waals surface area (Å²) in [6.45, 7) is 9.96. The van der Waals surface area contributed by atoms with Gasteiger partial charge in [0.15, 0.2) is 0 Å². The molecule has 130 valence electrons. The number of hydrogen-bond donors (Lipinski definition) is 0. The summed E-state index contributed by atoms with van der Waals surface area (Å²) in [7, 11) is 0. The van der Waals surface area contributed by atoms with Gasteiger partial charge in [-0.1, -0.05) is 0 Å². The predicted molar refractivity (Wildman–Crippen MR) is 88.2 cm³/mol. The van der Waals surface area contributed by atoms with Crippen molar-refractivity contribution < 1.29 is 18.7 Å². The Kier molecular flexibility index (Phi) is 6.10. The number of rotatable bonds is 5. The molecule has 0 spiro atoms. The fourth-order valence-corrected chi connectivity index (χ4v) is 2.75. The van der Waals surface area contributed by atoms with Gasteiger partial charge >= 0.3 is 6.09 Å². The monoisotopic (exact) mass is 323 g/mol. The average molecular weight is 323 g/mol. The minimum Gasteiger partial charge on any atom is -0.467 e. The van der Waals surface area contributed by atoms with E-state index in [1.54, 1.807) is 6.26 Å². The summed E-state index contributed by atoms with van der Waals surface area (Å²) < 4.78 is 16.6. The normalized spacial score (nSPS) is 18.0. The largest absolute Gasteiger partial charge is 0.467 e. The van der Waals surface area contributed by atoms with Gasteiger partial charge in [-0.05, 0) is 65.0 Å². The maximum atomic E-state index is 12.0. The molecule has 0 N–H and O–H groups in total. The maximum Gasteiger partial charge on any atom is 0.410 e. The molecule has 1 aromatic heterocycles. The molecular weight excluding hydrogens is 294 g/mol. The van der Waals surface area contributed by atoms with E-state index < -0.39 is 5.60 Å². The molecule has 1 amide bonds. The molecule has 1 fully saturated rings. The fourth-order valence-electron chi connectivity index (χ4n) is 2.75. The number of amides is 1. The molecule has 1 aliphatic rings. The Bertz CT molecular complexity index is 470. The predicted octanol–water partition coefficient (Wildman–Crippen LogP) is 4.39. The molecule has 1 atom stereocenters. The highest BCUT2D eigenvalue weighted by Crippen LogP contribution is 2.24. The molecule has 2 rings (SSSR count). The van der Waals surface area contributed by atoms with Crippen molar-refractivity contribution in [1.82, 2.24) is 4.90 Å². The van der Waals surface area contributed by atoms with E-state index in [1.165, 1.54) is 0 Å². The first-order chi connectivity index (χ1) is 10.8. The molecule has 5 heteroatoms. The van der Waals surface area contributed by atoms with Crippen LogP contribution < -0.4 is 0 Å². The molecule has 2 heterocycles. The van der Waals surface area contributed by atoms with Crippen LogP contribution in [-0.2, 0) is 9.47 Å². The van der Waals surface area contributed by atoms with Gasteiger partial charge in [-0.3, -0.25) is 0 Å². The maximum absolute atomic E-state index is 12.0. The van der Waals surface area contributed by atoms with Crippen LogP contribution in [0.15, 0.2) is 22.8 Å². The lowest BCUT2D eigenvalue weighted by Gasteiger charge is -2.33. The van der Waals surface area contributed by atoms with E-state index in [4.69, 9.17) is 13.9 Å². The van der Waals surface area contributed by atoms with Crippen LogP contribution in [0.4, 0.5) is 4.79 Å². The van der Waals surface area contributed by atoms with Gasteiger partial charge in [0.05, 0.1) is 6.26 Å². The quantitative estimate of drug-likeness (QED) is 0.806. The zero-order valence-corrected chi connectivity index (χ0v) is 14.7. The first kappa shape index (κ1) is 17.9. The Labute approximate surface area is 138 Å². The molecule has 0 aliphatic carbocycles. The lowest BCUT2D eigenvalue weighted by molar-refractivity contribution is 0.0130. The van der Waals surface area contributed by atoms with Gasteiger partial charge < -0.3 is 18.8 Å². The Balaban J connectivity index is 1.64. The van der Waals surface area contributed by atoms with Gasteiger partial charge in [-0.2, -0.15) is 0 Å². The van der Waals surface area contributed by atoms with Crippen LogP contribution in [-0.4, -0.2) is 36.3 Å². The fraction of sp³-hybridized carbons (Fsp3) is 0.722. The number of carbonyl (C=O) groups excluding carboxylic acids is 1. The molecule has 1 aliphatic heterocycles. The van der Waals surface area contributed by atoms with Crippen LogP contribution in [0.1, 0.15) is 58.8 Å². The second-order valence-corrected chi connectivity index (χ2v) is 7.23. The van der Waals surface area contributed by atoms with Gasteiger partial charge in [-0.25, -0.2) is 4.79 Å². The van der Waals surface area contributed by atoms with E-state index in [2.05, 4.69) is 0 Å². The van der Waals surface area contributed by atoms with E-state index in [9.17, 15) is 4.79 Å². The Morgan fingerprint density at radius 3 is 2.65 bits per heavy atom. The number of nitrogens with zero attached hydrogens (tertiary/aromatic N) is 1. The molecule has 23 heavy (non-hydrogen) atoms. The van der Waals surface area contributed by atoms with Crippen molar-refractivity contribution in [3.63, 3.8) is 0 Å². The first-order valence-electron chi connectivity index (χ1n) is 8.48. The van der Waals surface area contributed by atoms with Crippen LogP contribution in [0.25, 0.3) is 0 Å². The van der Waals surface area contributed by atoms with Gasteiger partial charge in [0.1, 0.15) is 17.5 Å². The van der Waals surface area contributed by atoms with Crippen LogP contribution in [0, 0.1) is 5.92 Å². The summed E-state index contributed by atoms with van der Waals surface area (Å²) in [6.07, 6.45) is 4.51. The lowest BCUT2D eigenvalue weighted by atomic mass is 9.94. The van der Waals surface area contributed by atoms with E-state index in [1.807, 2.05) is 44.7 Å². The summed E-state index contributed by atoms with van der Waals surface area (Å²) in [4.78, 5) is 13.8. The number of piperidine rings is 1. The van der Waals surface area contributed by atoms with Gasteiger partial charge in [0, 0.05) is 19.7 Å². The third kappa shape index (κ3) is 5.90. The van der Waals surface area contributed by atoms with Crippen molar-refractivity contribution in [3.05, 3.63) is 24.2 Å². The number of likely N-dealkylation sites (tertiary alicyclic amines) is 1. The van der Waals surface area contributed by atoms with Crippen molar-refractivity contribution in [3.8, 4) is 0 Å². The van der Waals surface area contributed by atoms with Gasteiger partial charge in [0.25, 0.3) is 0 Å². The highest BCUT2D eigenvalue weighted by atomic mass is 16.6. The standard InChI is InChI=1S/C18H29NO4/c1-14(16-6-5-12-22-16)21-13-9-15-7-10-19(11-8-15)17(20)23-18(2,3)4/h5-6,12,14-15H,7-11,13H2,1-4H3/t14-/m0/s1. The van der Waals surface area contributed by atoms with Crippen molar-refractivity contribution in [2.24, 2.45) is 5.92 Å². The SMILES string of the molecule is C[C@H](OCCC1CCN(C(=O)OC(C)(C)C)CC1)c1ccco1. The molecular formula is C18H29NO4. The Morgan fingerprint density at radius 2 is 2.09 bits per heavy atom. The smallest absolute Gasteiger partial charge is 0.410 e.